The number of rotatable bonds is 3. The lowest BCUT2D eigenvalue weighted by atomic mass is 10.2. The van der Waals surface area contributed by atoms with Crippen LogP contribution < -0.4 is 0 Å². The lowest BCUT2D eigenvalue weighted by Gasteiger charge is -2.03. The first-order valence-corrected chi connectivity index (χ1v) is 8.51. The highest BCUT2D eigenvalue weighted by atomic mass is 32.2. The van der Waals surface area contributed by atoms with E-state index in [9.17, 15) is 4.21 Å². The molecular formula is C15H14N4O2S. The summed E-state index contributed by atoms with van der Waals surface area (Å²) in [6.07, 6.45) is 3.18. The van der Waals surface area contributed by atoms with Gasteiger partial charge in [0.15, 0.2) is 0 Å². The number of pyridine rings is 1. The molecule has 0 N–H and O–H groups in total. The number of aromatic nitrogens is 3. The highest BCUT2D eigenvalue weighted by molar-refractivity contribution is 7.93. The first-order valence-electron chi connectivity index (χ1n) is 6.58. The van der Waals surface area contributed by atoms with Crippen LogP contribution in [-0.2, 0) is 9.73 Å². The smallest absolute Gasteiger partial charge is 0.247 e. The molecule has 0 aliphatic carbocycles. The molecular weight excluding hydrogens is 300 g/mol. The summed E-state index contributed by atoms with van der Waals surface area (Å²) in [6, 6.07) is 12.4. The van der Waals surface area contributed by atoms with Gasteiger partial charge in [0, 0.05) is 24.9 Å². The molecule has 22 heavy (non-hydrogen) atoms. The minimum Gasteiger partial charge on any atom is -0.421 e. The Hall–Kier alpha value is -2.54. The third-order valence-corrected chi connectivity index (χ3v) is 4.52. The van der Waals surface area contributed by atoms with E-state index in [4.69, 9.17) is 4.42 Å². The van der Waals surface area contributed by atoms with Gasteiger partial charge in [0.05, 0.1) is 15.4 Å². The summed E-state index contributed by atoms with van der Waals surface area (Å²) in [5, 5.41) is 8.21. The fourth-order valence-corrected chi connectivity index (χ4v) is 3.10. The fraction of sp³-hybridized carbons (Fsp3) is 0.133. The van der Waals surface area contributed by atoms with Crippen LogP contribution in [0.1, 0.15) is 5.89 Å². The molecule has 1 unspecified atom stereocenters. The molecule has 0 radical (unpaired) electrons. The second kappa shape index (κ2) is 5.69. The molecule has 1 aromatic carbocycles. The van der Waals surface area contributed by atoms with E-state index in [2.05, 4.69) is 19.5 Å². The quantitative estimate of drug-likeness (QED) is 0.741. The van der Waals surface area contributed by atoms with Gasteiger partial charge in [-0.2, -0.15) is 4.36 Å². The molecule has 6 nitrogen and oxygen atoms in total. The molecule has 0 saturated heterocycles. The molecule has 1 atom stereocenters. The molecule has 3 aromatic rings. The van der Waals surface area contributed by atoms with Crippen LogP contribution in [0.2, 0.25) is 0 Å². The molecule has 0 fully saturated rings. The lowest BCUT2D eigenvalue weighted by molar-refractivity contribution is 0.533. The zero-order valence-corrected chi connectivity index (χ0v) is 12.9. The van der Waals surface area contributed by atoms with Crippen molar-refractivity contribution in [1.29, 1.82) is 0 Å². The molecule has 112 valence electrons. The average molecular weight is 314 g/mol. The number of nitrogens with zero attached hydrogens (tertiary/aromatic N) is 4. The topological polar surface area (TPSA) is 81.2 Å². The summed E-state index contributed by atoms with van der Waals surface area (Å²) in [4.78, 5) is 4.11. The van der Waals surface area contributed by atoms with Gasteiger partial charge in [0.1, 0.15) is 5.03 Å². The first kappa shape index (κ1) is 14.4. The molecule has 7 heteroatoms. The molecule has 0 aliphatic rings. The zero-order valence-electron chi connectivity index (χ0n) is 12.1. The maximum atomic E-state index is 12.6. The Labute approximate surface area is 128 Å². The van der Waals surface area contributed by atoms with E-state index < -0.39 is 9.73 Å². The van der Waals surface area contributed by atoms with Crippen molar-refractivity contribution in [2.24, 2.45) is 4.36 Å². The Kier molecular flexibility index (Phi) is 3.72. The normalized spacial score (nSPS) is 13.5. The summed E-state index contributed by atoms with van der Waals surface area (Å²) in [5.74, 6) is 0.960. The van der Waals surface area contributed by atoms with Gasteiger partial charge in [0.25, 0.3) is 0 Å². The predicted octanol–water partition coefficient (Wildman–Crippen LogP) is 3.23. The number of aryl methyl sites for hydroxylation is 1. The van der Waals surface area contributed by atoms with E-state index >= 15 is 0 Å². The Morgan fingerprint density at radius 3 is 2.45 bits per heavy atom. The van der Waals surface area contributed by atoms with Crippen LogP contribution in [0, 0.1) is 6.92 Å². The predicted molar refractivity (Wildman–Crippen MR) is 83.1 cm³/mol. The fourth-order valence-electron chi connectivity index (χ4n) is 1.90. The summed E-state index contributed by atoms with van der Waals surface area (Å²) in [5.41, 5.74) is 1.40. The zero-order chi connectivity index (χ0) is 15.6. The largest absolute Gasteiger partial charge is 0.421 e. The van der Waals surface area contributed by atoms with Crippen molar-refractivity contribution in [2.45, 2.75) is 11.9 Å². The van der Waals surface area contributed by atoms with Crippen LogP contribution in [0.15, 0.2) is 62.5 Å². The summed E-state index contributed by atoms with van der Waals surface area (Å²) in [6.45, 7) is 1.74. The maximum absolute atomic E-state index is 12.6. The maximum Gasteiger partial charge on any atom is 0.247 e. The van der Waals surface area contributed by atoms with Crippen LogP contribution >= 0.6 is 0 Å². The Balaban J connectivity index is 1.93. The van der Waals surface area contributed by atoms with Crippen LogP contribution in [0.25, 0.3) is 11.5 Å². The van der Waals surface area contributed by atoms with Gasteiger partial charge in [-0.1, -0.05) is 6.07 Å². The van der Waals surface area contributed by atoms with Crippen molar-refractivity contribution in [1.82, 2.24) is 15.2 Å². The highest BCUT2D eigenvalue weighted by Crippen LogP contribution is 2.23. The summed E-state index contributed by atoms with van der Waals surface area (Å²) in [7, 11) is -2.57. The van der Waals surface area contributed by atoms with Gasteiger partial charge in [-0.3, -0.25) is 0 Å². The van der Waals surface area contributed by atoms with Gasteiger partial charge in [0.2, 0.25) is 11.8 Å². The molecule has 0 aliphatic heterocycles. The first-order chi connectivity index (χ1) is 10.5. The molecule has 2 heterocycles. The van der Waals surface area contributed by atoms with Gasteiger partial charge in [-0.25, -0.2) is 9.19 Å². The Morgan fingerprint density at radius 1 is 1.09 bits per heavy atom. The van der Waals surface area contributed by atoms with Gasteiger partial charge in [-0.05, 0) is 36.4 Å². The van der Waals surface area contributed by atoms with Crippen molar-refractivity contribution < 1.29 is 8.63 Å². The molecule has 2 aromatic heterocycles. The Bertz CT molecular complexity index is 895. The van der Waals surface area contributed by atoms with Gasteiger partial charge >= 0.3 is 0 Å². The van der Waals surface area contributed by atoms with Gasteiger partial charge < -0.3 is 4.42 Å². The number of hydrogen-bond donors (Lipinski definition) is 0. The van der Waals surface area contributed by atoms with E-state index in [1.54, 1.807) is 61.8 Å². The average Bonchev–Trinajstić information content (AvgIpc) is 2.95. The van der Waals surface area contributed by atoms with E-state index in [1.807, 2.05) is 0 Å². The minimum atomic E-state index is -2.57. The molecule has 0 amide bonds. The highest BCUT2D eigenvalue weighted by Gasteiger charge is 2.08. The van der Waals surface area contributed by atoms with Crippen molar-refractivity contribution in [2.75, 3.05) is 6.26 Å². The molecule has 3 rings (SSSR count). The third-order valence-electron chi connectivity index (χ3n) is 2.95. The van der Waals surface area contributed by atoms with Crippen LogP contribution in [-0.4, -0.2) is 25.6 Å². The van der Waals surface area contributed by atoms with Gasteiger partial charge in [-0.15, -0.1) is 10.2 Å². The summed E-state index contributed by atoms with van der Waals surface area (Å²) < 4.78 is 22.3. The minimum absolute atomic E-state index is 0.450. The van der Waals surface area contributed by atoms with E-state index in [0.29, 0.717) is 22.5 Å². The SMILES string of the molecule is Cc1nnc(-c2ccc(N=S(C)(=O)c3ccccn3)cc2)o1. The van der Waals surface area contributed by atoms with Crippen molar-refractivity contribution >= 4 is 15.4 Å². The van der Waals surface area contributed by atoms with E-state index in [1.165, 1.54) is 0 Å². The van der Waals surface area contributed by atoms with Crippen LogP contribution in [0.4, 0.5) is 5.69 Å². The standard InChI is InChI=1S/C15H14N4O2S/c1-11-17-18-15(21-11)12-6-8-13(9-7-12)19-22(2,20)14-5-3-4-10-16-14/h3-10H,1-2H3. The van der Waals surface area contributed by atoms with Crippen molar-refractivity contribution in [3.05, 3.63) is 54.6 Å². The molecule has 0 saturated carbocycles. The number of benzene rings is 1. The Morgan fingerprint density at radius 2 is 1.86 bits per heavy atom. The second-order valence-corrected chi connectivity index (χ2v) is 6.94. The molecule has 0 bridgehead atoms. The van der Waals surface area contributed by atoms with E-state index in [0.717, 1.165) is 5.56 Å². The number of hydrogen-bond acceptors (Lipinski definition) is 6. The molecule has 0 spiro atoms. The lowest BCUT2D eigenvalue weighted by Crippen LogP contribution is -1.99. The van der Waals surface area contributed by atoms with Crippen molar-refractivity contribution in [3.8, 4) is 11.5 Å². The van der Waals surface area contributed by atoms with E-state index in [-0.39, 0.29) is 0 Å². The third kappa shape index (κ3) is 3.04. The van der Waals surface area contributed by atoms with Crippen LogP contribution in [0.5, 0.6) is 0 Å². The summed E-state index contributed by atoms with van der Waals surface area (Å²) >= 11 is 0. The second-order valence-electron chi connectivity index (χ2n) is 4.73. The monoisotopic (exact) mass is 314 g/mol. The van der Waals surface area contributed by atoms with Crippen LogP contribution in [0.3, 0.4) is 0 Å². The van der Waals surface area contributed by atoms with Crippen molar-refractivity contribution in [3.63, 3.8) is 0 Å².